The molecular formula is C22H18N4O3S2. The Kier molecular flexibility index (Phi) is 4.91. The zero-order chi connectivity index (χ0) is 21.5. The molecule has 2 aliphatic heterocycles. The normalized spacial score (nSPS) is 20.0. The predicted octanol–water partition coefficient (Wildman–Crippen LogP) is 5.41. The van der Waals surface area contributed by atoms with E-state index in [2.05, 4.69) is 29.0 Å². The quantitative estimate of drug-likeness (QED) is 0.408. The molecule has 0 fully saturated rings. The zero-order valence-corrected chi connectivity index (χ0v) is 18.1. The summed E-state index contributed by atoms with van der Waals surface area (Å²) in [4.78, 5) is 28.0. The number of anilines is 2. The van der Waals surface area contributed by atoms with Gasteiger partial charge in [0, 0.05) is 28.4 Å². The molecule has 2 aromatic carbocycles. The Morgan fingerprint density at radius 3 is 2.58 bits per heavy atom. The number of benzene rings is 2. The van der Waals surface area contributed by atoms with Gasteiger partial charge in [0.05, 0.1) is 26.4 Å². The lowest BCUT2D eigenvalue weighted by Crippen LogP contribution is -2.42. The van der Waals surface area contributed by atoms with Gasteiger partial charge in [-0.05, 0) is 42.7 Å². The number of thioether (sulfide) groups is 1. The second kappa shape index (κ2) is 7.75. The minimum atomic E-state index is -0.487. The second-order valence-corrected chi connectivity index (χ2v) is 9.53. The van der Waals surface area contributed by atoms with E-state index in [-0.39, 0.29) is 17.2 Å². The maximum absolute atomic E-state index is 13.5. The van der Waals surface area contributed by atoms with E-state index in [1.54, 1.807) is 34.1 Å². The van der Waals surface area contributed by atoms with Crippen LogP contribution in [0.3, 0.4) is 0 Å². The van der Waals surface area contributed by atoms with Crippen LogP contribution in [0.5, 0.6) is 0 Å². The monoisotopic (exact) mass is 450 g/mol. The van der Waals surface area contributed by atoms with Crippen LogP contribution in [0, 0.1) is 10.1 Å². The average molecular weight is 451 g/mol. The van der Waals surface area contributed by atoms with Gasteiger partial charge in [-0.2, -0.15) is 0 Å². The summed E-state index contributed by atoms with van der Waals surface area (Å²) in [6.07, 6.45) is -0.422. The molecule has 7 nitrogen and oxygen atoms in total. The Balaban J connectivity index is 1.58. The molecule has 2 aliphatic rings. The minimum Gasteiger partial charge on any atom is -0.372 e. The summed E-state index contributed by atoms with van der Waals surface area (Å²) < 4.78 is 0. The van der Waals surface area contributed by atoms with E-state index in [0.29, 0.717) is 11.1 Å². The van der Waals surface area contributed by atoms with Crippen molar-refractivity contribution in [2.75, 3.05) is 10.2 Å². The van der Waals surface area contributed by atoms with Gasteiger partial charge < -0.3 is 10.6 Å². The van der Waals surface area contributed by atoms with Crippen LogP contribution >= 0.6 is 23.1 Å². The number of para-hydroxylation sites is 1. The third-order valence-corrected chi connectivity index (χ3v) is 7.23. The largest absolute Gasteiger partial charge is 0.372 e. The van der Waals surface area contributed by atoms with Crippen molar-refractivity contribution in [1.29, 1.82) is 0 Å². The molecule has 0 saturated heterocycles. The van der Waals surface area contributed by atoms with E-state index in [4.69, 9.17) is 0 Å². The van der Waals surface area contributed by atoms with Crippen LogP contribution in [-0.4, -0.2) is 16.2 Å². The van der Waals surface area contributed by atoms with E-state index in [1.165, 1.54) is 12.1 Å². The number of fused-ring (bicyclic) bond motifs is 1. The van der Waals surface area contributed by atoms with Gasteiger partial charge in [-0.25, -0.2) is 0 Å². The third kappa shape index (κ3) is 3.55. The van der Waals surface area contributed by atoms with Crippen molar-refractivity contribution in [1.82, 2.24) is 5.32 Å². The highest BCUT2D eigenvalue weighted by Crippen LogP contribution is 2.41. The molecule has 2 N–H and O–H groups in total. The fraction of sp³-hybridized carbons (Fsp3) is 0.136. The summed E-state index contributed by atoms with van der Waals surface area (Å²) in [5.74, 6) is -0.272. The van der Waals surface area contributed by atoms with Crippen molar-refractivity contribution < 1.29 is 9.72 Å². The number of nitrogens with one attached hydrogen (secondary N) is 2. The molecule has 31 heavy (non-hydrogen) atoms. The summed E-state index contributed by atoms with van der Waals surface area (Å²) in [6, 6.07) is 17.8. The first-order valence-corrected chi connectivity index (χ1v) is 11.4. The molecule has 1 aromatic heterocycles. The van der Waals surface area contributed by atoms with Crippen molar-refractivity contribution in [2.45, 2.75) is 18.5 Å². The predicted molar refractivity (Wildman–Crippen MR) is 125 cm³/mol. The molecule has 1 amide bonds. The van der Waals surface area contributed by atoms with Gasteiger partial charge in [0.1, 0.15) is 6.17 Å². The number of nitrogens with zero attached hydrogens (tertiary/aromatic N) is 2. The van der Waals surface area contributed by atoms with Gasteiger partial charge in [0.2, 0.25) is 0 Å². The number of non-ortho nitro benzene ring substituents is 1. The molecule has 0 bridgehead atoms. The zero-order valence-electron chi connectivity index (χ0n) is 16.4. The van der Waals surface area contributed by atoms with Crippen LogP contribution < -0.4 is 15.5 Å². The second-order valence-electron chi connectivity index (χ2n) is 7.20. The number of hydrogen-bond donors (Lipinski definition) is 2. The third-order valence-electron chi connectivity index (χ3n) is 5.16. The Labute approximate surface area is 186 Å². The van der Waals surface area contributed by atoms with E-state index in [9.17, 15) is 14.9 Å². The highest BCUT2D eigenvalue weighted by molar-refractivity contribution is 8.03. The van der Waals surface area contributed by atoms with Gasteiger partial charge in [0.15, 0.2) is 0 Å². The highest BCUT2D eigenvalue weighted by atomic mass is 32.2. The highest BCUT2D eigenvalue weighted by Gasteiger charge is 2.36. The molecule has 2 unspecified atom stereocenters. The van der Waals surface area contributed by atoms with Gasteiger partial charge in [0.25, 0.3) is 11.6 Å². The van der Waals surface area contributed by atoms with Crippen molar-refractivity contribution in [2.24, 2.45) is 0 Å². The van der Waals surface area contributed by atoms with Gasteiger partial charge in [-0.3, -0.25) is 19.8 Å². The van der Waals surface area contributed by atoms with Gasteiger partial charge in [-0.1, -0.05) is 18.2 Å². The molecule has 156 valence electrons. The van der Waals surface area contributed by atoms with Crippen LogP contribution in [0.2, 0.25) is 0 Å². The molecule has 0 aliphatic carbocycles. The Bertz CT molecular complexity index is 1210. The summed E-state index contributed by atoms with van der Waals surface area (Å²) in [5.41, 5.74) is 2.57. The molecular weight excluding hydrogens is 432 g/mol. The van der Waals surface area contributed by atoms with E-state index in [1.807, 2.05) is 36.4 Å². The SMILES string of the molecule is CC1NC(c2ccc(C3Nc4ccc([N+](=O)[O-])cc4C(=O)N3c3ccccc3)s2)=CS1. The Hall–Kier alpha value is -3.30. The summed E-state index contributed by atoms with van der Waals surface area (Å²) in [5, 5.41) is 20.5. The molecule has 2 atom stereocenters. The molecule has 5 rings (SSSR count). The lowest BCUT2D eigenvalue weighted by molar-refractivity contribution is -0.384. The van der Waals surface area contributed by atoms with Crippen LogP contribution in [0.15, 0.2) is 66.1 Å². The number of carbonyl (C=O) groups is 1. The number of nitro benzene ring substituents is 1. The standard InChI is InChI=1S/C22H18N4O3S2/c1-13-23-18(12-30-13)19-9-10-20(31-19)21-24-17-8-7-15(26(28)29)11-16(17)22(27)25(21)14-5-3-2-4-6-14/h2-13,21,23-24H,1H3. The first-order chi connectivity index (χ1) is 15.0. The summed E-state index contributed by atoms with van der Waals surface area (Å²) >= 11 is 3.35. The number of carbonyl (C=O) groups excluding carboxylic acids is 1. The molecule has 0 radical (unpaired) electrons. The molecule has 9 heteroatoms. The van der Waals surface area contributed by atoms with Gasteiger partial charge in [-0.15, -0.1) is 23.1 Å². The van der Waals surface area contributed by atoms with Crippen LogP contribution in [0.4, 0.5) is 17.1 Å². The van der Waals surface area contributed by atoms with Crippen molar-refractivity contribution in [3.8, 4) is 0 Å². The number of rotatable bonds is 4. The molecule has 3 heterocycles. The maximum atomic E-state index is 13.5. The fourth-order valence-corrected chi connectivity index (χ4v) is 5.53. The van der Waals surface area contributed by atoms with Crippen molar-refractivity contribution in [3.63, 3.8) is 0 Å². The average Bonchev–Trinajstić information content (AvgIpc) is 3.43. The Morgan fingerprint density at radius 1 is 1.06 bits per heavy atom. The van der Waals surface area contributed by atoms with E-state index < -0.39 is 11.1 Å². The minimum absolute atomic E-state index is 0.107. The summed E-state index contributed by atoms with van der Waals surface area (Å²) in [6.45, 7) is 2.11. The van der Waals surface area contributed by atoms with Gasteiger partial charge >= 0.3 is 0 Å². The van der Waals surface area contributed by atoms with E-state index >= 15 is 0 Å². The Morgan fingerprint density at radius 2 is 1.87 bits per heavy atom. The number of amides is 1. The molecule has 0 spiro atoms. The number of thiophene rings is 1. The first kappa shape index (κ1) is 19.7. The number of hydrogen-bond acceptors (Lipinski definition) is 7. The van der Waals surface area contributed by atoms with E-state index in [0.717, 1.165) is 21.1 Å². The first-order valence-electron chi connectivity index (χ1n) is 9.67. The van der Waals surface area contributed by atoms with Crippen LogP contribution in [0.1, 0.15) is 33.2 Å². The topological polar surface area (TPSA) is 87.5 Å². The number of nitro groups is 1. The lowest BCUT2D eigenvalue weighted by Gasteiger charge is -2.37. The smallest absolute Gasteiger partial charge is 0.270 e. The van der Waals surface area contributed by atoms with Crippen molar-refractivity contribution in [3.05, 3.63) is 91.5 Å². The fourth-order valence-electron chi connectivity index (χ4n) is 3.69. The van der Waals surface area contributed by atoms with Crippen molar-refractivity contribution >= 4 is 51.8 Å². The van der Waals surface area contributed by atoms with Crippen LogP contribution in [0.25, 0.3) is 5.70 Å². The van der Waals surface area contributed by atoms with Crippen LogP contribution in [-0.2, 0) is 0 Å². The molecule has 0 saturated carbocycles. The summed E-state index contributed by atoms with van der Waals surface area (Å²) in [7, 11) is 0. The molecule has 3 aromatic rings. The maximum Gasteiger partial charge on any atom is 0.270 e. The lowest BCUT2D eigenvalue weighted by atomic mass is 10.0.